The van der Waals surface area contributed by atoms with Crippen LogP contribution in [-0.2, 0) is 11.3 Å². The molecule has 1 fully saturated rings. The second kappa shape index (κ2) is 8.35. The van der Waals surface area contributed by atoms with Crippen LogP contribution < -0.4 is 4.90 Å². The van der Waals surface area contributed by atoms with Crippen molar-refractivity contribution in [1.82, 2.24) is 4.57 Å². The Bertz CT molecular complexity index is 1340. The van der Waals surface area contributed by atoms with Gasteiger partial charge >= 0.3 is 0 Å². The van der Waals surface area contributed by atoms with Gasteiger partial charge in [0.1, 0.15) is 0 Å². The van der Waals surface area contributed by atoms with Crippen molar-refractivity contribution in [3.63, 3.8) is 0 Å². The number of thiocarbonyl (C=S) groups is 1. The summed E-state index contributed by atoms with van der Waals surface area (Å²) in [6.07, 6.45) is 4.01. The lowest BCUT2D eigenvalue weighted by molar-refractivity contribution is -0.113. The first kappa shape index (κ1) is 20.1. The molecule has 1 aliphatic rings. The molecule has 4 aromatic rings. The molecule has 0 saturated carbocycles. The highest BCUT2D eigenvalue weighted by Gasteiger charge is 2.33. The molecule has 6 heteroatoms. The topological polar surface area (TPSA) is 25.2 Å². The third-order valence-corrected chi connectivity index (χ3v) is 6.88. The molecule has 0 atom stereocenters. The maximum absolute atomic E-state index is 13.1. The minimum absolute atomic E-state index is 0.0934. The number of carbonyl (C=O) groups is 1. The average molecular weight is 461 g/mol. The standard InChI is InChI=1S/C25H17ClN2OS2/c26-21-12-6-4-8-17(21)15-27-16-18(20-11-5-7-13-22(20)27)14-23-24(29)28(25(30)31-23)19-9-2-1-3-10-19/h1-14,16H,15H2. The van der Waals surface area contributed by atoms with Crippen molar-refractivity contribution in [2.45, 2.75) is 6.54 Å². The van der Waals surface area contributed by atoms with Crippen LogP contribution >= 0.6 is 35.6 Å². The molecule has 0 spiro atoms. The number of para-hydroxylation sites is 2. The Hall–Kier alpha value is -2.86. The van der Waals surface area contributed by atoms with Crippen molar-refractivity contribution >= 4 is 68.5 Å². The van der Waals surface area contributed by atoms with E-state index in [0.717, 1.165) is 32.7 Å². The van der Waals surface area contributed by atoms with Gasteiger partial charge in [-0.3, -0.25) is 9.69 Å². The number of benzene rings is 3. The zero-order chi connectivity index (χ0) is 21.4. The van der Waals surface area contributed by atoms with Crippen LogP contribution in [0.1, 0.15) is 11.1 Å². The second-order valence-electron chi connectivity index (χ2n) is 7.17. The molecule has 5 rings (SSSR count). The van der Waals surface area contributed by atoms with Gasteiger partial charge in [0.15, 0.2) is 4.32 Å². The monoisotopic (exact) mass is 460 g/mol. The van der Waals surface area contributed by atoms with Gasteiger partial charge in [0, 0.05) is 34.2 Å². The van der Waals surface area contributed by atoms with E-state index in [4.69, 9.17) is 23.8 Å². The Labute approximate surface area is 194 Å². The number of halogens is 1. The first-order valence-electron chi connectivity index (χ1n) is 9.76. The number of anilines is 1. The van der Waals surface area contributed by atoms with E-state index in [9.17, 15) is 4.79 Å². The molecule has 3 aromatic carbocycles. The minimum Gasteiger partial charge on any atom is -0.342 e. The fraction of sp³-hybridized carbons (Fsp3) is 0.0400. The lowest BCUT2D eigenvalue weighted by atomic mass is 10.1. The molecule has 0 bridgehead atoms. The SMILES string of the molecule is O=C1C(=Cc2cn(Cc3ccccc3Cl)c3ccccc23)SC(=S)N1c1ccccc1. The first-order valence-corrected chi connectivity index (χ1v) is 11.4. The molecule has 1 amide bonds. The van der Waals surface area contributed by atoms with Crippen LogP contribution in [0.2, 0.25) is 5.02 Å². The summed E-state index contributed by atoms with van der Waals surface area (Å²) in [6, 6.07) is 25.5. The van der Waals surface area contributed by atoms with E-state index in [1.54, 1.807) is 4.90 Å². The Morgan fingerprint density at radius 1 is 0.935 bits per heavy atom. The van der Waals surface area contributed by atoms with Gasteiger partial charge in [0.2, 0.25) is 0 Å². The Morgan fingerprint density at radius 3 is 2.45 bits per heavy atom. The van der Waals surface area contributed by atoms with Crippen LogP contribution in [0.4, 0.5) is 5.69 Å². The molecule has 1 aliphatic heterocycles. The quantitative estimate of drug-likeness (QED) is 0.249. The van der Waals surface area contributed by atoms with E-state index in [1.807, 2.05) is 72.8 Å². The van der Waals surface area contributed by atoms with Crippen LogP contribution in [-0.4, -0.2) is 14.8 Å². The number of fused-ring (bicyclic) bond motifs is 1. The number of nitrogens with zero attached hydrogens (tertiary/aromatic N) is 2. The maximum Gasteiger partial charge on any atom is 0.270 e. The number of rotatable bonds is 4. The highest BCUT2D eigenvalue weighted by molar-refractivity contribution is 8.27. The molecule has 1 saturated heterocycles. The van der Waals surface area contributed by atoms with Crippen LogP contribution in [0.3, 0.4) is 0 Å². The summed E-state index contributed by atoms with van der Waals surface area (Å²) in [5.74, 6) is -0.0934. The van der Waals surface area contributed by atoms with E-state index < -0.39 is 0 Å². The fourth-order valence-corrected chi connectivity index (χ4v) is 5.23. The van der Waals surface area contributed by atoms with Crippen molar-refractivity contribution in [3.05, 3.63) is 106 Å². The van der Waals surface area contributed by atoms with E-state index in [1.165, 1.54) is 11.8 Å². The highest BCUT2D eigenvalue weighted by Crippen LogP contribution is 2.37. The molecule has 0 unspecified atom stereocenters. The zero-order valence-electron chi connectivity index (χ0n) is 16.4. The zero-order valence-corrected chi connectivity index (χ0v) is 18.8. The van der Waals surface area contributed by atoms with Crippen molar-refractivity contribution in [2.75, 3.05) is 4.90 Å². The fourth-order valence-electron chi connectivity index (χ4n) is 3.74. The van der Waals surface area contributed by atoms with Crippen LogP contribution in [0.5, 0.6) is 0 Å². The molecule has 0 aliphatic carbocycles. The van der Waals surface area contributed by atoms with Crippen LogP contribution in [0, 0.1) is 0 Å². The number of carbonyl (C=O) groups excluding carboxylic acids is 1. The third kappa shape index (κ3) is 3.81. The Kier molecular flexibility index (Phi) is 5.40. The van der Waals surface area contributed by atoms with Crippen molar-refractivity contribution < 1.29 is 4.79 Å². The smallest absolute Gasteiger partial charge is 0.270 e. The van der Waals surface area contributed by atoms with Crippen molar-refractivity contribution in [3.8, 4) is 0 Å². The molecular formula is C25H17ClN2OS2. The summed E-state index contributed by atoms with van der Waals surface area (Å²) in [5, 5.41) is 1.82. The number of hydrogen-bond donors (Lipinski definition) is 0. The average Bonchev–Trinajstić information content (AvgIpc) is 3.27. The summed E-state index contributed by atoms with van der Waals surface area (Å²) < 4.78 is 2.71. The molecule has 1 aromatic heterocycles. The van der Waals surface area contributed by atoms with Gasteiger partial charge in [-0.2, -0.15) is 0 Å². The summed E-state index contributed by atoms with van der Waals surface area (Å²) in [4.78, 5) is 15.3. The summed E-state index contributed by atoms with van der Waals surface area (Å²) in [7, 11) is 0. The summed E-state index contributed by atoms with van der Waals surface area (Å²) in [6.45, 7) is 0.652. The van der Waals surface area contributed by atoms with Crippen LogP contribution in [0.25, 0.3) is 17.0 Å². The maximum atomic E-state index is 13.1. The van der Waals surface area contributed by atoms with E-state index in [2.05, 4.69) is 22.9 Å². The number of hydrogen-bond acceptors (Lipinski definition) is 3. The number of amides is 1. The molecule has 0 N–H and O–H groups in total. The van der Waals surface area contributed by atoms with Gasteiger partial charge in [-0.15, -0.1) is 0 Å². The van der Waals surface area contributed by atoms with Gasteiger partial charge in [-0.25, -0.2) is 0 Å². The van der Waals surface area contributed by atoms with Gasteiger partial charge < -0.3 is 4.57 Å². The minimum atomic E-state index is -0.0934. The van der Waals surface area contributed by atoms with Crippen LogP contribution in [0.15, 0.2) is 90.0 Å². The number of aromatic nitrogens is 1. The van der Waals surface area contributed by atoms with Gasteiger partial charge in [-0.1, -0.05) is 90.2 Å². The lowest BCUT2D eigenvalue weighted by Crippen LogP contribution is -2.27. The highest BCUT2D eigenvalue weighted by atomic mass is 35.5. The Morgan fingerprint density at radius 2 is 1.65 bits per heavy atom. The predicted octanol–water partition coefficient (Wildman–Crippen LogP) is 6.75. The normalized spacial score (nSPS) is 15.4. The summed E-state index contributed by atoms with van der Waals surface area (Å²) in [5.41, 5.74) is 3.91. The van der Waals surface area contributed by atoms with E-state index in [-0.39, 0.29) is 5.91 Å². The number of thioether (sulfide) groups is 1. The van der Waals surface area contributed by atoms with Gasteiger partial charge in [0.05, 0.1) is 10.6 Å². The van der Waals surface area contributed by atoms with Gasteiger partial charge in [0.25, 0.3) is 5.91 Å². The van der Waals surface area contributed by atoms with Gasteiger partial charge in [-0.05, 0) is 35.9 Å². The molecular weight excluding hydrogens is 444 g/mol. The van der Waals surface area contributed by atoms with Crippen molar-refractivity contribution in [1.29, 1.82) is 0 Å². The molecule has 31 heavy (non-hydrogen) atoms. The summed E-state index contributed by atoms with van der Waals surface area (Å²) >= 11 is 13.2. The first-order chi connectivity index (χ1) is 15.1. The third-order valence-electron chi connectivity index (χ3n) is 5.21. The Balaban J connectivity index is 1.54. The molecule has 152 valence electrons. The van der Waals surface area contributed by atoms with E-state index in [0.29, 0.717) is 15.8 Å². The van der Waals surface area contributed by atoms with Crippen molar-refractivity contribution in [2.24, 2.45) is 0 Å². The lowest BCUT2D eigenvalue weighted by Gasteiger charge is -2.13. The predicted molar refractivity (Wildman–Crippen MR) is 135 cm³/mol. The molecule has 2 heterocycles. The second-order valence-corrected chi connectivity index (χ2v) is 9.26. The molecule has 0 radical (unpaired) electrons. The molecule has 3 nitrogen and oxygen atoms in total. The largest absolute Gasteiger partial charge is 0.342 e. The van der Waals surface area contributed by atoms with E-state index >= 15 is 0 Å².